The van der Waals surface area contributed by atoms with Crippen LogP contribution in [0.3, 0.4) is 0 Å². The van der Waals surface area contributed by atoms with Gasteiger partial charge in [0.05, 0.1) is 12.5 Å². The molecule has 2 saturated heterocycles. The van der Waals surface area contributed by atoms with E-state index in [9.17, 15) is 19.2 Å². The Kier molecular flexibility index (Phi) is 21.0. The van der Waals surface area contributed by atoms with Crippen LogP contribution in [-0.4, -0.2) is 95.0 Å². The van der Waals surface area contributed by atoms with Gasteiger partial charge in [-0.1, -0.05) is 74.5 Å². The normalized spacial score (nSPS) is 15.6. The molecule has 1 aromatic heterocycles. The number of carbonyl (C=O) groups is 4. The number of pyridine rings is 1. The van der Waals surface area contributed by atoms with Crippen molar-refractivity contribution in [3.63, 3.8) is 0 Å². The molecule has 3 amide bonds. The molecule has 2 aliphatic heterocycles. The zero-order valence-electron chi connectivity index (χ0n) is 31.6. The molecule has 2 aromatic rings. The first-order chi connectivity index (χ1) is 24.4. The highest BCUT2D eigenvalue weighted by Crippen LogP contribution is 2.22. The first-order valence-electron chi connectivity index (χ1n) is 18.5. The van der Waals surface area contributed by atoms with E-state index in [1.807, 2.05) is 38.2 Å². The van der Waals surface area contributed by atoms with Gasteiger partial charge in [0.1, 0.15) is 10.3 Å². The Morgan fingerprint density at radius 2 is 1.55 bits per heavy atom. The summed E-state index contributed by atoms with van der Waals surface area (Å²) in [6, 6.07) is 11.7. The van der Waals surface area contributed by atoms with Crippen molar-refractivity contribution in [2.45, 2.75) is 123 Å². The van der Waals surface area contributed by atoms with Crippen molar-refractivity contribution in [2.75, 3.05) is 38.5 Å². The van der Waals surface area contributed by atoms with Gasteiger partial charge in [0.2, 0.25) is 18.2 Å². The number of nitrogens with one attached hydrogen (secondary N) is 2. The second-order valence-corrected chi connectivity index (χ2v) is 14.4. The molecule has 12 heteroatoms. The Hall–Kier alpha value is -3.05. The lowest BCUT2D eigenvalue weighted by atomic mass is 10.0. The standard InChI is InChI=1S/C21H30N4O4.C12H25N.C6H5Cl2N/c1-15(27)20(23-16(2)28)12-21(29)25-10-8-18(9-11-25)24(3)13-17-6-4-5-7-19(17)22-14-26;1-3-8-12(9-4-2)13-10-6-5-7-11-13;1-4-2-5(7)9-6(8)3-4/h4-7,14,18,20H,8-13H2,1-3H3,(H,22,26)(H,23,28);12H,3-11H2,1-2H3;2-3H,1H3/t20-;;/m0../s1. The molecule has 0 aliphatic carbocycles. The number of anilines is 1. The number of aromatic nitrogens is 1. The van der Waals surface area contributed by atoms with Crippen LogP contribution in [0.25, 0.3) is 0 Å². The largest absolute Gasteiger partial charge is 0.346 e. The van der Waals surface area contributed by atoms with E-state index in [2.05, 4.69) is 39.3 Å². The maximum absolute atomic E-state index is 12.5. The minimum Gasteiger partial charge on any atom is -0.346 e. The van der Waals surface area contributed by atoms with E-state index in [0.717, 1.165) is 35.7 Å². The second kappa shape index (κ2) is 24.2. The highest BCUT2D eigenvalue weighted by atomic mass is 35.5. The minimum atomic E-state index is -0.762. The zero-order chi connectivity index (χ0) is 37.8. The first-order valence-corrected chi connectivity index (χ1v) is 19.2. The molecular formula is C39H60Cl2N6O4. The molecule has 0 radical (unpaired) electrons. The van der Waals surface area contributed by atoms with E-state index in [0.29, 0.717) is 42.4 Å². The third-order valence-corrected chi connectivity index (χ3v) is 9.78. The van der Waals surface area contributed by atoms with Gasteiger partial charge in [-0.05, 0) is 102 Å². The molecule has 51 heavy (non-hydrogen) atoms. The number of Topliss-reactive ketones (excluding diaryl/α,β-unsaturated/α-hetero) is 1. The number of carbonyl (C=O) groups excluding carboxylic acids is 4. The number of piperidine rings is 2. The van der Waals surface area contributed by atoms with Crippen molar-refractivity contribution in [3.05, 3.63) is 57.8 Å². The Morgan fingerprint density at radius 1 is 0.961 bits per heavy atom. The second-order valence-electron chi connectivity index (χ2n) is 13.6. The maximum atomic E-state index is 12.5. The van der Waals surface area contributed by atoms with Gasteiger partial charge in [-0.25, -0.2) is 4.98 Å². The van der Waals surface area contributed by atoms with E-state index in [1.54, 1.807) is 17.0 Å². The number of aryl methyl sites for hydroxylation is 1. The van der Waals surface area contributed by atoms with Crippen molar-refractivity contribution in [1.29, 1.82) is 0 Å². The van der Waals surface area contributed by atoms with Gasteiger partial charge in [-0.3, -0.25) is 24.1 Å². The van der Waals surface area contributed by atoms with Crippen molar-refractivity contribution in [3.8, 4) is 0 Å². The Morgan fingerprint density at radius 3 is 2.06 bits per heavy atom. The van der Waals surface area contributed by atoms with Gasteiger partial charge < -0.3 is 20.4 Å². The number of ketones is 1. The van der Waals surface area contributed by atoms with E-state index in [4.69, 9.17) is 23.2 Å². The average molecular weight is 748 g/mol. The van der Waals surface area contributed by atoms with Crippen LogP contribution >= 0.6 is 23.2 Å². The lowest BCUT2D eigenvalue weighted by Gasteiger charge is -2.37. The Labute approximate surface area is 316 Å². The number of para-hydroxylation sites is 1. The smallest absolute Gasteiger partial charge is 0.225 e. The van der Waals surface area contributed by atoms with Gasteiger partial charge in [-0.15, -0.1) is 0 Å². The summed E-state index contributed by atoms with van der Waals surface area (Å²) in [7, 11) is 2.04. The average Bonchev–Trinajstić information content (AvgIpc) is 3.09. The lowest BCUT2D eigenvalue weighted by molar-refractivity contribution is -0.136. The van der Waals surface area contributed by atoms with Crippen LogP contribution in [0.2, 0.25) is 10.3 Å². The number of hydrogen-bond acceptors (Lipinski definition) is 7. The summed E-state index contributed by atoms with van der Waals surface area (Å²) in [6.07, 6.45) is 12.2. The fraction of sp³-hybridized carbons (Fsp3) is 0.615. The van der Waals surface area contributed by atoms with Crippen molar-refractivity contribution in [2.24, 2.45) is 0 Å². The summed E-state index contributed by atoms with van der Waals surface area (Å²) in [5.74, 6) is -0.644. The number of likely N-dealkylation sites (tertiary alicyclic amines) is 2. The van der Waals surface area contributed by atoms with E-state index >= 15 is 0 Å². The molecule has 1 atom stereocenters. The van der Waals surface area contributed by atoms with Crippen molar-refractivity contribution in [1.82, 2.24) is 25.0 Å². The number of benzene rings is 1. The molecule has 1 aromatic carbocycles. The lowest BCUT2D eigenvalue weighted by Crippen LogP contribution is -2.48. The molecule has 0 saturated carbocycles. The fourth-order valence-electron chi connectivity index (χ4n) is 6.71. The topological polar surface area (TPSA) is 115 Å². The van der Waals surface area contributed by atoms with Crippen molar-refractivity contribution >= 4 is 52.9 Å². The van der Waals surface area contributed by atoms with Gasteiger partial charge >= 0.3 is 0 Å². The number of hydrogen-bond donors (Lipinski definition) is 2. The van der Waals surface area contributed by atoms with Crippen LogP contribution in [0, 0.1) is 6.92 Å². The summed E-state index contributed by atoms with van der Waals surface area (Å²) < 4.78 is 0. The number of halogens is 2. The quantitative estimate of drug-likeness (QED) is 0.154. The van der Waals surface area contributed by atoms with Crippen LogP contribution in [-0.2, 0) is 25.7 Å². The predicted octanol–water partition coefficient (Wildman–Crippen LogP) is 7.30. The van der Waals surface area contributed by atoms with Gasteiger partial charge in [-0.2, -0.15) is 0 Å². The van der Waals surface area contributed by atoms with E-state index in [-0.39, 0.29) is 24.0 Å². The first kappa shape index (κ1) is 44.1. The van der Waals surface area contributed by atoms with Crippen LogP contribution < -0.4 is 10.6 Å². The Balaban J connectivity index is 0.000000333. The van der Waals surface area contributed by atoms with Crippen LogP contribution in [0.4, 0.5) is 5.69 Å². The number of nitrogens with zero attached hydrogens (tertiary/aromatic N) is 4. The number of rotatable bonds is 14. The molecule has 3 heterocycles. The molecule has 0 bridgehead atoms. The molecule has 2 N–H and O–H groups in total. The minimum absolute atomic E-state index is 0.000158. The summed E-state index contributed by atoms with van der Waals surface area (Å²) in [5, 5.41) is 6.16. The van der Waals surface area contributed by atoms with Crippen LogP contribution in [0.1, 0.15) is 103 Å². The van der Waals surface area contributed by atoms with Crippen molar-refractivity contribution < 1.29 is 19.2 Å². The summed E-state index contributed by atoms with van der Waals surface area (Å²) in [6.45, 7) is 13.9. The van der Waals surface area contributed by atoms with E-state index in [1.165, 1.54) is 71.9 Å². The van der Waals surface area contributed by atoms with Gasteiger partial charge in [0, 0.05) is 44.3 Å². The summed E-state index contributed by atoms with van der Waals surface area (Å²) in [4.78, 5) is 56.7. The maximum Gasteiger partial charge on any atom is 0.225 e. The molecule has 0 spiro atoms. The third-order valence-electron chi connectivity index (χ3n) is 9.40. The molecule has 0 unspecified atom stereocenters. The predicted molar refractivity (Wildman–Crippen MR) is 208 cm³/mol. The molecule has 2 fully saturated rings. The number of amides is 3. The molecule has 4 rings (SSSR count). The third kappa shape index (κ3) is 16.9. The molecular weight excluding hydrogens is 687 g/mol. The molecule has 2 aliphatic rings. The van der Waals surface area contributed by atoms with E-state index < -0.39 is 6.04 Å². The highest BCUT2D eigenvalue weighted by molar-refractivity contribution is 6.32. The highest BCUT2D eigenvalue weighted by Gasteiger charge is 2.28. The van der Waals surface area contributed by atoms with Gasteiger partial charge in [0.25, 0.3) is 0 Å². The van der Waals surface area contributed by atoms with Gasteiger partial charge in [0.15, 0.2) is 5.78 Å². The summed E-state index contributed by atoms with van der Waals surface area (Å²) >= 11 is 11.1. The summed E-state index contributed by atoms with van der Waals surface area (Å²) in [5.41, 5.74) is 2.87. The monoisotopic (exact) mass is 746 g/mol. The fourth-order valence-corrected chi connectivity index (χ4v) is 7.27. The Bertz CT molecular complexity index is 1310. The SMILES string of the molecule is CC(=O)N[C@@H](CC(=O)N1CCC(N(C)Cc2ccccc2NC=O)CC1)C(C)=O.CCCC(CCC)N1CCCCC1.Cc1cc(Cl)nc(Cl)c1. The van der Waals surface area contributed by atoms with Crippen LogP contribution in [0.5, 0.6) is 0 Å². The zero-order valence-corrected chi connectivity index (χ0v) is 33.1. The molecule has 284 valence electrons. The molecule has 10 nitrogen and oxygen atoms in total. The van der Waals surface area contributed by atoms with Crippen LogP contribution in [0.15, 0.2) is 36.4 Å².